The van der Waals surface area contributed by atoms with E-state index in [4.69, 9.17) is 9.15 Å². The van der Waals surface area contributed by atoms with Gasteiger partial charge in [0.1, 0.15) is 11.8 Å². The Bertz CT molecular complexity index is 938. The SMILES string of the molecule is CCOc1ccc(/C=C/c2nc(C#N)c(N[C@@H](C)c3ccccc3)o2)cc1. The van der Waals surface area contributed by atoms with Gasteiger partial charge in [0.2, 0.25) is 17.5 Å². The number of benzene rings is 2. The van der Waals surface area contributed by atoms with Crippen molar-refractivity contribution in [2.75, 3.05) is 11.9 Å². The average molecular weight is 359 g/mol. The van der Waals surface area contributed by atoms with E-state index in [0.717, 1.165) is 16.9 Å². The Kier molecular flexibility index (Phi) is 5.91. The van der Waals surface area contributed by atoms with Gasteiger partial charge in [0.15, 0.2) is 0 Å². The molecule has 0 radical (unpaired) electrons. The first-order valence-electron chi connectivity index (χ1n) is 8.83. The summed E-state index contributed by atoms with van der Waals surface area (Å²) in [5, 5.41) is 12.5. The summed E-state index contributed by atoms with van der Waals surface area (Å²) in [5.74, 6) is 1.59. The molecule has 0 spiro atoms. The Morgan fingerprint density at radius 2 is 1.89 bits per heavy atom. The summed E-state index contributed by atoms with van der Waals surface area (Å²) in [6.07, 6.45) is 3.63. The van der Waals surface area contributed by atoms with Gasteiger partial charge in [0.25, 0.3) is 0 Å². The van der Waals surface area contributed by atoms with Gasteiger partial charge < -0.3 is 14.5 Å². The van der Waals surface area contributed by atoms with Gasteiger partial charge in [-0.25, -0.2) is 0 Å². The quantitative estimate of drug-likeness (QED) is 0.621. The molecule has 0 fully saturated rings. The number of ether oxygens (including phenoxy) is 1. The zero-order chi connectivity index (χ0) is 19.1. The summed E-state index contributed by atoms with van der Waals surface area (Å²) in [4.78, 5) is 4.24. The second kappa shape index (κ2) is 8.72. The first-order valence-corrected chi connectivity index (χ1v) is 8.83. The Hall–Kier alpha value is -3.52. The highest BCUT2D eigenvalue weighted by Gasteiger charge is 2.14. The van der Waals surface area contributed by atoms with E-state index < -0.39 is 0 Å². The fourth-order valence-electron chi connectivity index (χ4n) is 2.61. The van der Waals surface area contributed by atoms with E-state index in [1.54, 1.807) is 6.08 Å². The molecule has 2 aromatic carbocycles. The van der Waals surface area contributed by atoms with Gasteiger partial charge in [-0.3, -0.25) is 0 Å². The number of aromatic nitrogens is 1. The first kappa shape index (κ1) is 18.3. The molecule has 1 atom stereocenters. The highest BCUT2D eigenvalue weighted by atomic mass is 16.5. The average Bonchev–Trinajstić information content (AvgIpc) is 3.10. The topological polar surface area (TPSA) is 71.1 Å². The summed E-state index contributed by atoms with van der Waals surface area (Å²) < 4.78 is 11.2. The Morgan fingerprint density at radius 1 is 1.15 bits per heavy atom. The molecule has 1 heterocycles. The molecular weight excluding hydrogens is 338 g/mol. The lowest BCUT2D eigenvalue weighted by molar-refractivity contribution is 0.340. The Balaban J connectivity index is 1.73. The van der Waals surface area contributed by atoms with Crippen molar-refractivity contribution in [3.05, 3.63) is 77.3 Å². The molecule has 0 aliphatic rings. The van der Waals surface area contributed by atoms with Gasteiger partial charge in [0.05, 0.1) is 12.6 Å². The van der Waals surface area contributed by atoms with Crippen LogP contribution in [0.1, 0.15) is 42.6 Å². The van der Waals surface area contributed by atoms with Crippen molar-refractivity contribution in [2.45, 2.75) is 19.9 Å². The predicted octanol–water partition coefficient (Wildman–Crippen LogP) is 5.29. The van der Waals surface area contributed by atoms with Crippen LogP contribution in [0.2, 0.25) is 0 Å². The van der Waals surface area contributed by atoms with Crippen LogP contribution in [0, 0.1) is 11.3 Å². The molecule has 0 amide bonds. The van der Waals surface area contributed by atoms with Crippen molar-refractivity contribution < 1.29 is 9.15 Å². The third-order valence-electron chi connectivity index (χ3n) is 4.01. The van der Waals surface area contributed by atoms with Gasteiger partial charge in [-0.1, -0.05) is 42.5 Å². The second-order valence-electron chi connectivity index (χ2n) is 5.95. The van der Waals surface area contributed by atoms with Gasteiger partial charge in [-0.05, 0) is 43.2 Å². The van der Waals surface area contributed by atoms with Crippen LogP contribution < -0.4 is 10.1 Å². The zero-order valence-electron chi connectivity index (χ0n) is 15.3. The molecule has 3 aromatic rings. The second-order valence-corrected chi connectivity index (χ2v) is 5.95. The molecule has 27 heavy (non-hydrogen) atoms. The van der Waals surface area contributed by atoms with E-state index in [1.807, 2.05) is 74.5 Å². The fraction of sp³-hybridized carbons (Fsp3) is 0.182. The summed E-state index contributed by atoms with van der Waals surface area (Å²) in [7, 11) is 0. The van der Waals surface area contributed by atoms with Crippen LogP contribution in [0.3, 0.4) is 0 Å². The van der Waals surface area contributed by atoms with Crippen LogP contribution in [0.5, 0.6) is 5.75 Å². The Morgan fingerprint density at radius 3 is 2.56 bits per heavy atom. The maximum absolute atomic E-state index is 9.33. The smallest absolute Gasteiger partial charge is 0.233 e. The zero-order valence-corrected chi connectivity index (χ0v) is 15.3. The number of nitrogens with one attached hydrogen (secondary N) is 1. The molecule has 1 aromatic heterocycles. The number of nitrogens with zero attached hydrogens (tertiary/aromatic N) is 2. The molecule has 0 saturated carbocycles. The largest absolute Gasteiger partial charge is 0.494 e. The van der Waals surface area contributed by atoms with Gasteiger partial charge in [0, 0.05) is 6.08 Å². The van der Waals surface area contributed by atoms with Crippen LogP contribution in [0.4, 0.5) is 5.88 Å². The molecule has 0 saturated heterocycles. The minimum atomic E-state index is -0.00538. The number of hydrogen-bond donors (Lipinski definition) is 1. The van der Waals surface area contributed by atoms with Crippen molar-refractivity contribution in [2.24, 2.45) is 0 Å². The van der Waals surface area contributed by atoms with E-state index in [9.17, 15) is 5.26 Å². The van der Waals surface area contributed by atoms with E-state index in [-0.39, 0.29) is 11.7 Å². The van der Waals surface area contributed by atoms with E-state index >= 15 is 0 Å². The minimum Gasteiger partial charge on any atom is -0.494 e. The summed E-state index contributed by atoms with van der Waals surface area (Å²) in [6.45, 7) is 4.60. The van der Waals surface area contributed by atoms with E-state index in [1.165, 1.54) is 0 Å². The van der Waals surface area contributed by atoms with Crippen LogP contribution in [-0.4, -0.2) is 11.6 Å². The number of hydrogen-bond acceptors (Lipinski definition) is 5. The van der Waals surface area contributed by atoms with Crippen molar-refractivity contribution in [3.8, 4) is 11.8 Å². The molecule has 136 valence electrons. The lowest BCUT2D eigenvalue weighted by Crippen LogP contribution is -2.06. The number of oxazole rings is 1. The normalized spacial score (nSPS) is 11.9. The summed E-state index contributed by atoms with van der Waals surface area (Å²) in [5.41, 5.74) is 2.33. The molecule has 0 bridgehead atoms. The van der Waals surface area contributed by atoms with E-state index in [2.05, 4.69) is 16.4 Å². The maximum atomic E-state index is 9.33. The highest BCUT2D eigenvalue weighted by Crippen LogP contribution is 2.24. The van der Waals surface area contributed by atoms with Crippen molar-refractivity contribution in [3.63, 3.8) is 0 Å². The fourth-order valence-corrected chi connectivity index (χ4v) is 2.61. The lowest BCUT2D eigenvalue weighted by Gasteiger charge is -2.12. The van der Waals surface area contributed by atoms with Crippen LogP contribution in [0.15, 0.2) is 59.0 Å². The molecule has 3 rings (SSSR count). The molecule has 0 aliphatic heterocycles. The molecule has 5 heteroatoms. The third-order valence-corrected chi connectivity index (χ3v) is 4.01. The van der Waals surface area contributed by atoms with Crippen molar-refractivity contribution in [1.82, 2.24) is 4.98 Å². The highest BCUT2D eigenvalue weighted by molar-refractivity contribution is 5.67. The van der Waals surface area contributed by atoms with Crippen molar-refractivity contribution in [1.29, 1.82) is 5.26 Å². The molecule has 0 unspecified atom stereocenters. The van der Waals surface area contributed by atoms with Crippen LogP contribution in [-0.2, 0) is 0 Å². The van der Waals surface area contributed by atoms with Gasteiger partial charge in [-0.15, -0.1) is 0 Å². The maximum Gasteiger partial charge on any atom is 0.233 e. The van der Waals surface area contributed by atoms with E-state index in [0.29, 0.717) is 18.4 Å². The summed E-state index contributed by atoms with van der Waals surface area (Å²) >= 11 is 0. The lowest BCUT2D eigenvalue weighted by atomic mass is 10.1. The predicted molar refractivity (Wildman–Crippen MR) is 106 cm³/mol. The van der Waals surface area contributed by atoms with Gasteiger partial charge >= 0.3 is 0 Å². The first-order chi connectivity index (χ1) is 13.2. The number of anilines is 1. The molecule has 1 N–H and O–H groups in total. The molecule has 5 nitrogen and oxygen atoms in total. The molecular formula is C22H21N3O2. The van der Waals surface area contributed by atoms with Gasteiger partial charge in [-0.2, -0.15) is 10.2 Å². The Labute approximate surface area is 158 Å². The van der Waals surface area contributed by atoms with Crippen LogP contribution >= 0.6 is 0 Å². The molecule has 0 aliphatic carbocycles. The monoisotopic (exact) mass is 359 g/mol. The van der Waals surface area contributed by atoms with Crippen LogP contribution in [0.25, 0.3) is 12.2 Å². The number of nitriles is 1. The standard InChI is InChI=1S/C22H21N3O2/c1-3-26-19-12-9-17(10-13-19)11-14-21-25-20(15-23)22(27-21)24-16(2)18-7-5-4-6-8-18/h4-14,16,24H,3H2,1-2H3/b14-11+/t16-/m0/s1. The summed E-state index contributed by atoms with van der Waals surface area (Å²) in [6, 6.07) is 19.8. The third kappa shape index (κ3) is 4.77. The minimum absolute atomic E-state index is 0.00538. The number of rotatable bonds is 7. The van der Waals surface area contributed by atoms with Crippen molar-refractivity contribution >= 4 is 18.0 Å².